The summed E-state index contributed by atoms with van der Waals surface area (Å²) in [6, 6.07) is 17.7. The molecular weight excluding hydrogens is 372 g/mol. The predicted molar refractivity (Wildman–Crippen MR) is 119 cm³/mol. The number of benzene rings is 2. The van der Waals surface area contributed by atoms with Crippen molar-refractivity contribution in [3.8, 4) is 0 Å². The van der Waals surface area contributed by atoms with Crippen LogP contribution in [0.15, 0.2) is 54.6 Å². The summed E-state index contributed by atoms with van der Waals surface area (Å²) in [5, 5.41) is 1.20. The molecule has 1 N–H and O–H groups in total. The second-order valence-electron chi connectivity index (χ2n) is 8.73. The van der Waals surface area contributed by atoms with E-state index in [0.29, 0.717) is 5.69 Å². The van der Waals surface area contributed by atoms with Gasteiger partial charge in [0.2, 0.25) is 11.8 Å². The van der Waals surface area contributed by atoms with Gasteiger partial charge in [0, 0.05) is 16.6 Å². The van der Waals surface area contributed by atoms with E-state index in [1.165, 1.54) is 35.1 Å². The molecular formula is C26H28N2O2. The van der Waals surface area contributed by atoms with Crippen LogP contribution < -0.4 is 4.90 Å². The molecule has 1 aliphatic carbocycles. The van der Waals surface area contributed by atoms with Crippen LogP contribution in [0.1, 0.15) is 56.2 Å². The maximum atomic E-state index is 13.6. The number of amides is 2. The summed E-state index contributed by atoms with van der Waals surface area (Å²) in [5.74, 6) is -0.558. The predicted octanol–water partition coefficient (Wildman–Crippen LogP) is 5.58. The molecule has 1 aliphatic heterocycles. The summed E-state index contributed by atoms with van der Waals surface area (Å²) >= 11 is 0. The zero-order chi connectivity index (χ0) is 20.7. The fraction of sp³-hybridized carbons (Fsp3) is 0.385. The first kappa shape index (κ1) is 19.1. The SMILES string of the molecule is CCCCCC[C@@H]1Cc2c([nH]c3ccccc23)[C@@H]2C(=O)N(c3ccccc3)C(=O)[C@H]12. The average Bonchev–Trinajstić information content (AvgIpc) is 3.27. The van der Waals surface area contributed by atoms with Crippen LogP contribution in [0.4, 0.5) is 5.69 Å². The second-order valence-corrected chi connectivity index (χ2v) is 8.73. The molecule has 30 heavy (non-hydrogen) atoms. The Morgan fingerprint density at radius 1 is 0.933 bits per heavy atom. The minimum atomic E-state index is -0.398. The number of fused-ring (bicyclic) bond motifs is 5. The standard InChI is InChI=1S/C26H28N2O2/c1-2-3-4-6-11-17-16-20-19-14-9-10-15-21(19)27-24(20)23-22(17)25(29)28(26(23)30)18-12-7-5-8-13-18/h5,7-10,12-15,17,22-23,27H,2-4,6,11,16H2,1H3/t17-,22-,23-/m1/s1. The summed E-state index contributed by atoms with van der Waals surface area (Å²) in [6.07, 6.45) is 6.60. The maximum absolute atomic E-state index is 13.6. The van der Waals surface area contributed by atoms with Crippen molar-refractivity contribution in [1.29, 1.82) is 0 Å². The Kier molecular flexibility index (Phi) is 4.93. The molecule has 4 nitrogen and oxygen atoms in total. The molecule has 0 radical (unpaired) electrons. The molecule has 154 valence electrons. The van der Waals surface area contributed by atoms with Gasteiger partial charge in [0.15, 0.2) is 0 Å². The normalized spacial score (nSPS) is 23.1. The highest BCUT2D eigenvalue weighted by Gasteiger charge is 2.55. The van der Waals surface area contributed by atoms with E-state index in [9.17, 15) is 9.59 Å². The zero-order valence-electron chi connectivity index (χ0n) is 17.4. The quantitative estimate of drug-likeness (QED) is 0.433. The third-order valence-electron chi connectivity index (χ3n) is 6.93. The summed E-state index contributed by atoms with van der Waals surface area (Å²) < 4.78 is 0. The largest absolute Gasteiger partial charge is 0.357 e. The first-order chi connectivity index (χ1) is 14.7. The van der Waals surface area contributed by atoms with Crippen LogP contribution in [0.3, 0.4) is 0 Å². The Hall–Kier alpha value is -2.88. The van der Waals surface area contributed by atoms with Crippen molar-refractivity contribution in [2.45, 2.75) is 51.4 Å². The van der Waals surface area contributed by atoms with Crippen LogP contribution >= 0.6 is 0 Å². The number of rotatable bonds is 6. The van der Waals surface area contributed by atoms with Gasteiger partial charge in [-0.3, -0.25) is 9.59 Å². The fourth-order valence-corrected chi connectivity index (χ4v) is 5.51. The number of para-hydroxylation sites is 2. The highest BCUT2D eigenvalue weighted by atomic mass is 16.2. The van der Waals surface area contributed by atoms with Crippen molar-refractivity contribution < 1.29 is 9.59 Å². The van der Waals surface area contributed by atoms with Crippen LogP contribution in [0.25, 0.3) is 10.9 Å². The lowest BCUT2D eigenvalue weighted by atomic mass is 9.70. The molecule has 4 heteroatoms. The van der Waals surface area contributed by atoms with Crippen molar-refractivity contribution in [3.05, 3.63) is 65.9 Å². The first-order valence-corrected chi connectivity index (χ1v) is 11.2. The van der Waals surface area contributed by atoms with Crippen molar-refractivity contribution >= 4 is 28.4 Å². The van der Waals surface area contributed by atoms with Gasteiger partial charge in [0.05, 0.1) is 17.5 Å². The molecule has 2 amide bonds. The van der Waals surface area contributed by atoms with Crippen LogP contribution in [-0.4, -0.2) is 16.8 Å². The van der Waals surface area contributed by atoms with E-state index in [-0.39, 0.29) is 23.7 Å². The summed E-state index contributed by atoms with van der Waals surface area (Å²) in [6.45, 7) is 2.21. The summed E-state index contributed by atoms with van der Waals surface area (Å²) in [4.78, 5) is 32.1. The van der Waals surface area contributed by atoms with Gasteiger partial charge in [-0.05, 0) is 42.5 Å². The lowest BCUT2D eigenvalue weighted by Gasteiger charge is -2.31. The molecule has 2 heterocycles. The van der Waals surface area contributed by atoms with Gasteiger partial charge in [-0.15, -0.1) is 0 Å². The number of unbranched alkanes of at least 4 members (excludes halogenated alkanes) is 3. The van der Waals surface area contributed by atoms with Gasteiger partial charge >= 0.3 is 0 Å². The number of imide groups is 1. The Morgan fingerprint density at radius 2 is 1.70 bits per heavy atom. The van der Waals surface area contributed by atoms with E-state index in [0.717, 1.165) is 30.5 Å². The molecule has 2 aromatic carbocycles. The van der Waals surface area contributed by atoms with E-state index < -0.39 is 5.92 Å². The Morgan fingerprint density at radius 3 is 2.50 bits per heavy atom. The Bertz CT molecular complexity index is 1080. The van der Waals surface area contributed by atoms with Crippen LogP contribution in [0.5, 0.6) is 0 Å². The van der Waals surface area contributed by atoms with Crippen LogP contribution in [0.2, 0.25) is 0 Å². The first-order valence-electron chi connectivity index (χ1n) is 11.2. The molecule has 2 aliphatic rings. The molecule has 5 rings (SSSR count). The molecule has 1 saturated heterocycles. The molecule has 0 saturated carbocycles. The van der Waals surface area contributed by atoms with E-state index in [1.807, 2.05) is 36.4 Å². The number of nitrogens with zero attached hydrogens (tertiary/aromatic N) is 1. The Labute approximate surface area is 177 Å². The molecule has 1 aromatic heterocycles. The van der Waals surface area contributed by atoms with E-state index in [1.54, 1.807) is 0 Å². The number of hydrogen-bond donors (Lipinski definition) is 1. The van der Waals surface area contributed by atoms with Crippen LogP contribution in [-0.2, 0) is 16.0 Å². The number of nitrogens with one attached hydrogen (secondary N) is 1. The van der Waals surface area contributed by atoms with Gasteiger partial charge in [-0.2, -0.15) is 0 Å². The van der Waals surface area contributed by atoms with Crippen molar-refractivity contribution in [3.63, 3.8) is 0 Å². The smallest absolute Gasteiger partial charge is 0.243 e. The maximum Gasteiger partial charge on any atom is 0.243 e. The van der Waals surface area contributed by atoms with Crippen molar-refractivity contribution in [2.24, 2.45) is 11.8 Å². The lowest BCUT2D eigenvalue weighted by Crippen LogP contribution is -2.33. The van der Waals surface area contributed by atoms with Crippen molar-refractivity contribution in [1.82, 2.24) is 4.98 Å². The molecule has 0 unspecified atom stereocenters. The van der Waals surface area contributed by atoms with Crippen molar-refractivity contribution in [2.75, 3.05) is 4.90 Å². The number of aromatic nitrogens is 1. The number of carbonyl (C=O) groups is 2. The summed E-state index contributed by atoms with van der Waals surface area (Å²) in [7, 11) is 0. The summed E-state index contributed by atoms with van der Waals surface area (Å²) in [5.41, 5.74) is 3.95. The van der Waals surface area contributed by atoms with Gasteiger partial charge in [-0.1, -0.05) is 69.0 Å². The third kappa shape index (κ3) is 2.97. The Balaban J connectivity index is 1.57. The zero-order valence-corrected chi connectivity index (χ0v) is 17.4. The van der Waals surface area contributed by atoms with Gasteiger partial charge in [-0.25, -0.2) is 4.90 Å². The molecule has 3 aromatic rings. The third-order valence-corrected chi connectivity index (χ3v) is 6.93. The minimum Gasteiger partial charge on any atom is -0.357 e. The number of H-pyrrole nitrogens is 1. The molecule has 1 fully saturated rings. The van der Waals surface area contributed by atoms with Gasteiger partial charge < -0.3 is 4.98 Å². The molecule has 0 spiro atoms. The van der Waals surface area contributed by atoms with Gasteiger partial charge in [0.25, 0.3) is 0 Å². The highest BCUT2D eigenvalue weighted by Crippen LogP contribution is 2.49. The fourth-order valence-electron chi connectivity index (χ4n) is 5.51. The monoisotopic (exact) mass is 400 g/mol. The topological polar surface area (TPSA) is 53.2 Å². The number of aromatic amines is 1. The van der Waals surface area contributed by atoms with E-state index >= 15 is 0 Å². The lowest BCUT2D eigenvalue weighted by molar-refractivity contribution is -0.123. The number of anilines is 1. The average molecular weight is 401 g/mol. The van der Waals surface area contributed by atoms with E-state index in [4.69, 9.17) is 0 Å². The molecule has 3 atom stereocenters. The minimum absolute atomic E-state index is 0.0269. The number of carbonyl (C=O) groups excluding carboxylic acids is 2. The van der Waals surface area contributed by atoms with E-state index in [2.05, 4.69) is 30.1 Å². The second kappa shape index (κ2) is 7.75. The van der Waals surface area contributed by atoms with Crippen LogP contribution in [0, 0.1) is 11.8 Å². The number of hydrogen-bond acceptors (Lipinski definition) is 2. The molecule has 0 bridgehead atoms. The highest BCUT2D eigenvalue weighted by molar-refractivity contribution is 6.24. The van der Waals surface area contributed by atoms with Gasteiger partial charge in [0.1, 0.15) is 0 Å².